The molecule has 0 bridgehead atoms. The lowest BCUT2D eigenvalue weighted by Gasteiger charge is -2.41. The van der Waals surface area contributed by atoms with Crippen LogP contribution in [0.5, 0.6) is 0 Å². The number of fused-ring (bicyclic) bond motifs is 1. The van der Waals surface area contributed by atoms with Crippen LogP contribution in [0.3, 0.4) is 0 Å². The smallest absolute Gasteiger partial charge is 0.223 e. The number of hydrogen-bond donors (Lipinski definition) is 1. The van der Waals surface area contributed by atoms with E-state index < -0.39 is 0 Å². The Bertz CT molecular complexity index is 562. The van der Waals surface area contributed by atoms with Crippen LogP contribution in [0, 0.1) is 11.2 Å². The molecule has 1 heterocycles. The Morgan fingerprint density at radius 1 is 1.41 bits per heavy atom. The number of nitrogens with zero attached hydrogens (tertiary/aromatic N) is 1. The molecule has 2 aliphatic rings. The molecule has 1 aromatic rings. The summed E-state index contributed by atoms with van der Waals surface area (Å²) in [4.78, 5) is 14.5. The highest BCUT2D eigenvalue weighted by molar-refractivity contribution is 5.77. The molecule has 3 rings (SSSR count). The van der Waals surface area contributed by atoms with Gasteiger partial charge in [0.1, 0.15) is 5.82 Å². The number of hydrogen-bond acceptors (Lipinski definition) is 2. The number of carbonyl (C=O) groups is 1. The van der Waals surface area contributed by atoms with Gasteiger partial charge in [-0.3, -0.25) is 4.79 Å². The third kappa shape index (κ3) is 2.89. The highest BCUT2D eigenvalue weighted by atomic mass is 19.1. The molecule has 1 aliphatic heterocycles. The van der Waals surface area contributed by atoms with E-state index in [1.807, 2.05) is 4.90 Å². The van der Waals surface area contributed by atoms with Crippen molar-refractivity contribution in [3.63, 3.8) is 0 Å². The maximum atomic E-state index is 13.6. The Labute approximate surface area is 131 Å². The Balaban J connectivity index is 1.63. The number of aliphatic hydroxyl groups is 1. The van der Waals surface area contributed by atoms with E-state index >= 15 is 0 Å². The van der Waals surface area contributed by atoms with Crippen LogP contribution in [0.4, 0.5) is 4.39 Å². The first kappa shape index (κ1) is 15.5. The summed E-state index contributed by atoms with van der Waals surface area (Å²) in [6.45, 7) is 2.95. The highest BCUT2D eigenvalue weighted by Gasteiger charge is 2.48. The lowest BCUT2D eigenvalue weighted by Crippen LogP contribution is -2.46. The summed E-state index contributed by atoms with van der Waals surface area (Å²) in [5.41, 5.74) is 0.655. The summed E-state index contributed by atoms with van der Waals surface area (Å²) < 4.78 is 13.6. The molecule has 2 fully saturated rings. The number of carbonyl (C=O) groups excluding carboxylic acids is 1. The summed E-state index contributed by atoms with van der Waals surface area (Å²) in [6.07, 6.45) is 3.98. The van der Waals surface area contributed by atoms with E-state index in [1.54, 1.807) is 18.2 Å². The average molecular weight is 305 g/mol. The molecule has 1 saturated carbocycles. The van der Waals surface area contributed by atoms with Gasteiger partial charge in [-0.2, -0.15) is 0 Å². The first-order valence-corrected chi connectivity index (χ1v) is 8.20. The van der Waals surface area contributed by atoms with Gasteiger partial charge in [-0.05, 0) is 49.1 Å². The average Bonchev–Trinajstić information content (AvgIpc) is 2.82. The molecule has 0 spiro atoms. The third-order valence-corrected chi connectivity index (χ3v) is 5.47. The number of rotatable bonds is 3. The van der Waals surface area contributed by atoms with Crippen LogP contribution in [0.25, 0.3) is 0 Å². The van der Waals surface area contributed by atoms with Crippen LogP contribution in [0.2, 0.25) is 0 Å². The Hall–Kier alpha value is -1.42. The Morgan fingerprint density at radius 2 is 2.18 bits per heavy atom. The molecule has 4 heteroatoms. The molecule has 1 N–H and O–H groups in total. The maximum Gasteiger partial charge on any atom is 0.223 e. The quantitative estimate of drug-likeness (QED) is 0.933. The predicted octanol–water partition coefficient (Wildman–Crippen LogP) is 2.91. The Kier molecular flexibility index (Phi) is 4.22. The summed E-state index contributed by atoms with van der Waals surface area (Å²) >= 11 is 0. The minimum atomic E-state index is -0.234. The zero-order valence-corrected chi connectivity index (χ0v) is 13.1. The molecule has 1 amide bonds. The zero-order chi connectivity index (χ0) is 15.7. The molecular formula is C18H24FNO2. The van der Waals surface area contributed by atoms with Gasteiger partial charge in [0.05, 0.1) is 6.10 Å². The van der Waals surface area contributed by atoms with Gasteiger partial charge < -0.3 is 10.0 Å². The van der Waals surface area contributed by atoms with Crippen molar-refractivity contribution in [2.24, 2.45) is 5.41 Å². The van der Waals surface area contributed by atoms with Gasteiger partial charge in [-0.1, -0.05) is 25.1 Å². The van der Waals surface area contributed by atoms with Crippen LogP contribution in [-0.2, 0) is 11.2 Å². The van der Waals surface area contributed by atoms with Crippen LogP contribution >= 0.6 is 0 Å². The minimum absolute atomic E-state index is 0.0469. The number of halogens is 1. The number of likely N-dealkylation sites (tertiary alicyclic amines) is 1. The summed E-state index contributed by atoms with van der Waals surface area (Å²) in [7, 11) is 0. The van der Waals surface area contributed by atoms with E-state index in [0.29, 0.717) is 18.4 Å². The Morgan fingerprint density at radius 3 is 2.95 bits per heavy atom. The molecule has 120 valence electrons. The van der Waals surface area contributed by atoms with E-state index in [9.17, 15) is 14.3 Å². The van der Waals surface area contributed by atoms with E-state index in [2.05, 4.69) is 6.92 Å². The molecule has 0 unspecified atom stereocenters. The van der Waals surface area contributed by atoms with Gasteiger partial charge >= 0.3 is 0 Å². The van der Waals surface area contributed by atoms with Gasteiger partial charge in [0, 0.05) is 19.0 Å². The van der Waals surface area contributed by atoms with Gasteiger partial charge in [-0.15, -0.1) is 0 Å². The monoisotopic (exact) mass is 305 g/mol. The third-order valence-electron chi connectivity index (χ3n) is 5.47. The van der Waals surface area contributed by atoms with Crippen LogP contribution in [0.15, 0.2) is 24.3 Å². The largest absolute Gasteiger partial charge is 0.393 e. The number of benzene rings is 1. The van der Waals surface area contributed by atoms with Crippen molar-refractivity contribution in [2.75, 3.05) is 6.54 Å². The highest BCUT2D eigenvalue weighted by Crippen LogP contribution is 2.46. The number of aliphatic hydroxyl groups excluding tert-OH is 1. The van der Waals surface area contributed by atoms with Crippen molar-refractivity contribution in [1.29, 1.82) is 0 Å². The summed E-state index contributed by atoms with van der Waals surface area (Å²) in [5.74, 6) is -0.115. The molecule has 1 saturated heterocycles. The fourth-order valence-corrected chi connectivity index (χ4v) is 4.19. The second kappa shape index (κ2) is 5.99. The normalized spacial score (nSPS) is 31.1. The molecule has 1 aromatic carbocycles. The van der Waals surface area contributed by atoms with Gasteiger partial charge in [0.15, 0.2) is 0 Å². The summed E-state index contributed by atoms with van der Waals surface area (Å²) in [6, 6.07) is 6.89. The van der Waals surface area contributed by atoms with Gasteiger partial charge in [0.25, 0.3) is 0 Å². The molecule has 1 aliphatic carbocycles. The van der Waals surface area contributed by atoms with Crippen molar-refractivity contribution in [3.05, 3.63) is 35.6 Å². The topological polar surface area (TPSA) is 40.5 Å². The standard InChI is InChI=1S/C18H24FNO2/c1-18-10-11-20(16(18)8-7-14(21)12-18)17(22)9-6-13-4-2-3-5-15(13)19/h2-5,14,16,21H,6-12H2,1H3/t14-,16-,18+/m1/s1. The second-order valence-electron chi connectivity index (χ2n) is 7.03. The molecule has 0 aromatic heterocycles. The van der Waals surface area contributed by atoms with E-state index in [4.69, 9.17) is 0 Å². The lowest BCUT2D eigenvalue weighted by atomic mass is 9.71. The molecule has 3 nitrogen and oxygen atoms in total. The number of aryl methyl sites for hydroxylation is 1. The first-order chi connectivity index (χ1) is 10.5. The van der Waals surface area contributed by atoms with Crippen molar-refractivity contribution in [2.45, 2.75) is 57.6 Å². The zero-order valence-electron chi connectivity index (χ0n) is 13.1. The SMILES string of the molecule is C[C@@]12CCN(C(=O)CCc3ccccc3F)[C@@H]1CC[C@@H](O)C2. The van der Waals surface area contributed by atoms with Gasteiger partial charge in [-0.25, -0.2) is 4.39 Å². The van der Waals surface area contributed by atoms with Crippen molar-refractivity contribution in [3.8, 4) is 0 Å². The maximum absolute atomic E-state index is 13.6. The second-order valence-corrected chi connectivity index (χ2v) is 7.03. The molecule has 3 atom stereocenters. The first-order valence-electron chi connectivity index (χ1n) is 8.20. The predicted molar refractivity (Wildman–Crippen MR) is 82.8 cm³/mol. The minimum Gasteiger partial charge on any atom is -0.393 e. The molecule has 22 heavy (non-hydrogen) atoms. The fraction of sp³-hybridized carbons (Fsp3) is 0.611. The van der Waals surface area contributed by atoms with Crippen LogP contribution in [-0.4, -0.2) is 34.6 Å². The van der Waals surface area contributed by atoms with E-state index in [-0.39, 0.29) is 29.3 Å². The van der Waals surface area contributed by atoms with Crippen LogP contribution < -0.4 is 0 Å². The number of amides is 1. The van der Waals surface area contributed by atoms with Crippen molar-refractivity contribution < 1.29 is 14.3 Å². The van der Waals surface area contributed by atoms with Crippen molar-refractivity contribution >= 4 is 5.91 Å². The van der Waals surface area contributed by atoms with Gasteiger partial charge in [0.2, 0.25) is 5.91 Å². The van der Waals surface area contributed by atoms with Crippen LogP contribution in [0.1, 0.15) is 44.6 Å². The molecule has 0 radical (unpaired) electrons. The molecular weight excluding hydrogens is 281 g/mol. The fourth-order valence-electron chi connectivity index (χ4n) is 4.19. The van der Waals surface area contributed by atoms with E-state index in [0.717, 1.165) is 32.2 Å². The van der Waals surface area contributed by atoms with E-state index in [1.165, 1.54) is 6.07 Å². The van der Waals surface area contributed by atoms with Crippen molar-refractivity contribution in [1.82, 2.24) is 4.90 Å². The summed E-state index contributed by atoms with van der Waals surface area (Å²) in [5, 5.41) is 9.88. The lowest BCUT2D eigenvalue weighted by molar-refractivity contribution is -0.134.